The van der Waals surface area contributed by atoms with Crippen LogP contribution in [0.5, 0.6) is 0 Å². The molecule has 7 nitrogen and oxygen atoms in total. The molecule has 8 heteroatoms. The van der Waals surface area contributed by atoms with Gasteiger partial charge in [-0.15, -0.1) is 11.3 Å². The number of carbonyl (C=O) groups is 2. The van der Waals surface area contributed by atoms with Crippen molar-refractivity contribution in [1.82, 2.24) is 14.9 Å². The summed E-state index contributed by atoms with van der Waals surface area (Å²) in [4.78, 5) is 30.4. The van der Waals surface area contributed by atoms with Crippen LogP contribution in [0, 0.1) is 11.8 Å². The first-order valence-corrected chi connectivity index (χ1v) is 9.55. The van der Waals surface area contributed by atoms with E-state index in [9.17, 15) is 9.59 Å². The standard InChI is InChI=1S/C17H25N5O2S/c1-12(23)15-6-19-22(10-15)9-14-4-3-5-21(8-14)11-16-7-18-17(25-16)20-13(2)24/h6-7,14-15H,3-5,8-11H2,1-2H3,(H,18,20,24). The predicted octanol–water partition coefficient (Wildman–Crippen LogP) is 1.82. The largest absolute Gasteiger partial charge is 0.302 e. The molecule has 2 atom stereocenters. The van der Waals surface area contributed by atoms with E-state index < -0.39 is 0 Å². The van der Waals surface area contributed by atoms with Crippen LogP contribution >= 0.6 is 11.3 Å². The maximum atomic E-state index is 11.5. The highest BCUT2D eigenvalue weighted by Gasteiger charge is 2.26. The van der Waals surface area contributed by atoms with E-state index in [-0.39, 0.29) is 17.6 Å². The summed E-state index contributed by atoms with van der Waals surface area (Å²) in [7, 11) is 0. The van der Waals surface area contributed by atoms with Gasteiger partial charge in [-0.3, -0.25) is 19.5 Å². The lowest BCUT2D eigenvalue weighted by Gasteiger charge is -2.34. The molecule has 1 aromatic rings. The Balaban J connectivity index is 1.48. The summed E-state index contributed by atoms with van der Waals surface area (Å²) in [6, 6.07) is 0. The molecule has 0 radical (unpaired) electrons. The molecule has 3 rings (SSSR count). The third-order valence-corrected chi connectivity index (χ3v) is 5.53. The van der Waals surface area contributed by atoms with Crippen LogP contribution in [0.4, 0.5) is 5.13 Å². The van der Waals surface area contributed by atoms with Gasteiger partial charge in [0.15, 0.2) is 5.13 Å². The number of rotatable bonds is 6. The fourth-order valence-corrected chi connectivity index (χ4v) is 4.30. The number of anilines is 1. The zero-order chi connectivity index (χ0) is 17.8. The van der Waals surface area contributed by atoms with Crippen molar-refractivity contribution in [3.8, 4) is 0 Å². The zero-order valence-corrected chi connectivity index (χ0v) is 15.6. The number of aromatic nitrogens is 1. The second-order valence-corrected chi connectivity index (χ2v) is 8.02. The van der Waals surface area contributed by atoms with Gasteiger partial charge < -0.3 is 5.32 Å². The molecule has 2 unspecified atom stereocenters. The maximum absolute atomic E-state index is 11.5. The first-order chi connectivity index (χ1) is 12.0. The lowest BCUT2D eigenvalue weighted by atomic mass is 9.97. The first-order valence-electron chi connectivity index (χ1n) is 8.73. The van der Waals surface area contributed by atoms with Gasteiger partial charge in [-0.1, -0.05) is 0 Å². The average molecular weight is 363 g/mol. The van der Waals surface area contributed by atoms with Crippen molar-refractivity contribution in [3.05, 3.63) is 11.1 Å². The van der Waals surface area contributed by atoms with Crippen molar-refractivity contribution >= 4 is 34.4 Å². The molecule has 136 valence electrons. The van der Waals surface area contributed by atoms with Crippen molar-refractivity contribution < 1.29 is 9.59 Å². The highest BCUT2D eigenvalue weighted by molar-refractivity contribution is 7.15. The molecule has 2 aliphatic heterocycles. The average Bonchev–Trinajstić information content (AvgIpc) is 3.17. The summed E-state index contributed by atoms with van der Waals surface area (Å²) in [5.41, 5.74) is 0. The van der Waals surface area contributed by atoms with Crippen LogP contribution in [0.1, 0.15) is 31.6 Å². The minimum Gasteiger partial charge on any atom is -0.302 e. The molecule has 1 aromatic heterocycles. The van der Waals surface area contributed by atoms with Gasteiger partial charge in [0.25, 0.3) is 0 Å². The lowest BCUT2D eigenvalue weighted by molar-refractivity contribution is -0.119. The number of piperidine rings is 1. The van der Waals surface area contributed by atoms with E-state index in [1.807, 2.05) is 11.2 Å². The second-order valence-electron chi connectivity index (χ2n) is 6.91. The van der Waals surface area contributed by atoms with E-state index in [1.165, 1.54) is 36.0 Å². The third kappa shape index (κ3) is 5.09. The number of ketones is 1. The summed E-state index contributed by atoms with van der Waals surface area (Å²) >= 11 is 1.54. The number of thiazole rings is 1. The molecule has 1 amide bonds. The van der Waals surface area contributed by atoms with Crippen LogP contribution in [0.2, 0.25) is 0 Å². The van der Waals surface area contributed by atoms with Gasteiger partial charge in [-0.25, -0.2) is 4.98 Å². The highest BCUT2D eigenvalue weighted by atomic mass is 32.1. The summed E-state index contributed by atoms with van der Waals surface area (Å²) in [5, 5.41) is 9.83. The summed E-state index contributed by atoms with van der Waals surface area (Å²) < 4.78 is 0. The fourth-order valence-electron chi connectivity index (χ4n) is 3.40. The van der Waals surface area contributed by atoms with E-state index in [1.54, 1.807) is 13.1 Å². The van der Waals surface area contributed by atoms with Crippen molar-refractivity contribution in [2.24, 2.45) is 16.9 Å². The summed E-state index contributed by atoms with van der Waals surface area (Å²) in [6.45, 7) is 7.75. The molecule has 1 saturated heterocycles. The van der Waals surface area contributed by atoms with Gasteiger partial charge in [-0.2, -0.15) is 5.10 Å². The molecular formula is C17H25N5O2S. The number of hydrogen-bond acceptors (Lipinski definition) is 7. The van der Waals surface area contributed by atoms with E-state index in [0.29, 0.717) is 11.0 Å². The molecule has 1 N–H and O–H groups in total. The fraction of sp³-hybridized carbons (Fsp3) is 0.647. The molecule has 3 heterocycles. The van der Waals surface area contributed by atoms with E-state index >= 15 is 0 Å². The lowest BCUT2D eigenvalue weighted by Crippen LogP contribution is -2.39. The van der Waals surface area contributed by atoms with E-state index in [0.717, 1.165) is 32.7 Å². The number of likely N-dealkylation sites (tertiary alicyclic amines) is 1. The molecule has 0 aliphatic carbocycles. The quantitative estimate of drug-likeness (QED) is 0.834. The Kier molecular flexibility index (Phi) is 5.80. The Morgan fingerprint density at radius 2 is 2.20 bits per heavy atom. The Bertz CT molecular complexity index is 659. The van der Waals surface area contributed by atoms with Crippen LogP contribution < -0.4 is 5.32 Å². The van der Waals surface area contributed by atoms with Crippen molar-refractivity contribution in [1.29, 1.82) is 0 Å². The number of Topliss-reactive ketones (excluding diaryl/α,β-unsaturated/α-hetero) is 1. The van der Waals surface area contributed by atoms with E-state index in [2.05, 4.69) is 20.3 Å². The highest BCUT2D eigenvalue weighted by Crippen LogP contribution is 2.24. The summed E-state index contributed by atoms with van der Waals surface area (Å²) in [6.07, 6.45) is 6.01. The van der Waals surface area contributed by atoms with Crippen LogP contribution in [0.3, 0.4) is 0 Å². The van der Waals surface area contributed by atoms with Crippen LogP contribution in [-0.4, -0.2) is 59.0 Å². The second kappa shape index (κ2) is 8.05. The zero-order valence-electron chi connectivity index (χ0n) is 14.8. The van der Waals surface area contributed by atoms with Crippen LogP contribution in [0.25, 0.3) is 0 Å². The van der Waals surface area contributed by atoms with Gasteiger partial charge in [0, 0.05) is 43.8 Å². The maximum Gasteiger partial charge on any atom is 0.223 e. The normalized spacial score (nSPS) is 23.8. The molecule has 2 aliphatic rings. The molecule has 1 fully saturated rings. The van der Waals surface area contributed by atoms with Gasteiger partial charge in [0.1, 0.15) is 5.78 Å². The van der Waals surface area contributed by atoms with Crippen LogP contribution in [0.15, 0.2) is 11.3 Å². The van der Waals surface area contributed by atoms with Gasteiger partial charge in [0.2, 0.25) is 5.91 Å². The molecule has 25 heavy (non-hydrogen) atoms. The van der Waals surface area contributed by atoms with Crippen molar-refractivity contribution in [2.75, 3.05) is 31.5 Å². The number of amides is 1. The van der Waals surface area contributed by atoms with Gasteiger partial charge >= 0.3 is 0 Å². The summed E-state index contributed by atoms with van der Waals surface area (Å²) in [5.74, 6) is 0.633. The topological polar surface area (TPSA) is 77.9 Å². The number of hydrazone groups is 1. The molecular weight excluding hydrogens is 338 g/mol. The SMILES string of the molecule is CC(=O)Nc1ncc(CN2CCCC(CN3CC(C(C)=O)C=N3)C2)s1. The molecule has 0 spiro atoms. The Hall–Kier alpha value is -1.80. The Morgan fingerprint density at radius 3 is 2.92 bits per heavy atom. The minimum atomic E-state index is -0.0889. The first kappa shape index (κ1) is 18.0. The molecule has 0 bridgehead atoms. The van der Waals surface area contributed by atoms with Crippen molar-refractivity contribution in [3.63, 3.8) is 0 Å². The smallest absolute Gasteiger partial charge is 0.223 e. The molecule has 0 aromatic carbocycles. The Labute approximate surface area is 152 Å². The predicted molar refractivity (Wildman–Crippen MR) is 98.7 cm³/mol. The van der Waals surface area contributed by atoms with Gasteiger partial charge in [-0.05, 0) is 32.2 Å². The van der Waals surface area contributed by atoms with Crippen molar-refractivity contribution in [2.45, 2.75) is 33.2 Å². The number of nitrogens with one attached hydrogen (secondary N) is 1. The molecule has 0 saturated carbocycles. The monoisotopic (exact) mass is 363 g/mol. The number of hydrogen-bond donors (Lipinski definition) is 1. The van der Waals surface area contributed by atoms with Crippen LogP contribution in [-0.2, 0) is 16.1 Å². The number of nitrogens with zero attached hydrogens (tertiary/aromatic N) is 4. The van der Waals surface area contributed by atoms with E-state index in [4.69, 9.17) is 0 Å². The minimum absolute atomic E-state index is 0.0379. The third-order valence-electron chi connectivity index (χ3n) is 4.63. The van der Waals surface area contributed by atoms with Gasteiger partial charge in [0.05, 0.1) is 12.5 Å². The number of carbonyl (C=O) groups excluding carboxylic acids is 2. The Morgan fingerprint density at radius 1 is 1.36 bits per heavy atom.